The Morgan fingerprint density at radius 3 is 2.93 bits per heavy atom. The average molecular weight is 209 g/mol. The Bertz CT molecular complexity index is 192. The number of hydrogen-bond acceptors (Lipinski definition) is 3. The minimum Gasteiger partial charge on any atom is -0.313 e. The van der Waals surface area contributed by atoms with Crippen LogP contribution in [0.15, 0.2) is 0 Å². The highest BCUT2D eigenvalue weighted by Crippen LogP contribution is 2.08. The van der Waals surface area contributed by atoms with Crippen molar-refractivity contribution in [1.29, 1.82) is 5.26 Å². The van der Waals surface area contributed by atoms with Gasteiger partial charge in [-0.2, -0.15) is 5.26 Å². The first kappa shape index (κ1) is 12.5. The number of nitriles is 1. The third-order valence-electron chi connectivity index (χ3n) is 3.01. The van der Waals surface area contributed by atoms with E-state index in [0.29, 0.717) is 12.5 Å². The van der Waals surface area contributed by atoms with Crippen LogP contribution in [-0.2, 0) is 0 Å². The van der Waals surface area contributed by atoms with Crippen molar-refractivity contribution < 1.29 is 0 Å². The molecule has 1 saturated heterocycles. The lowest BCUT2D eigenvalue weighted by Gasteiger charge is -2.24. The van der Waals surface area contributed by atoms with E-state index >= 15 is 0 Å². The molecule has 15 heavy (non-hydrogen) atoms. The normalized spacial score (nSPS) is 20.7. The van der Waals surface area contributed by atoms with E-state index in [9.17, 15) is 0 Å². The molecule has 3 heteroatoms. The van der Waals surface area contributed by atoms with Crippen LogP contribution >= 0.6 is 0 Å². The fourth-order valence-electron chi connectivity index (χ4n) is 2.11. The first-order chi connectivity index (χ1) is 7.36. The van der Waals surface area contributed by atoms with Crippen molar-refractivity contribution in [2.75, 3.05) is 26.2 Å². The fraction of sp³-hybridized carbons (Fsp3) is 0.917. The lowest BCUT2D eigenvalue weighted by Crippen LogP contribution is -2.38. The molecular weight excluding hydrogens is 186 g/mol. The Labute approximate surface area is 93.5 Å². The topological polar surface area (TPSA) is 39.1 Å². The zero-order valence-corrected chi connectivity index (χ0v) is 9.84. The summed E-state index contributed by atoms with van der Waals surface area (Å²) in [5.74, 6) is 0. The predicted molar refractivity (Wildman–Crippen MR) is 62.6 cm³/mol. The van der Waals surface area contributed by atoms with Crippen LogP contribution in [0.5, 0.6) is 0 Å². The van der Waals surface area contributed by atoms with Gasteiger partial charge in [-0.25, -0.2) is 0 Å². The summed E-state index contributed by atoms with van der Waals surface area (Å²) in [6.07, 6.45) is 5.76. The molecule has 3 nitrogen and oxygen atoms in total. The number of hydrogen-bond donors (Lipinski definition) is 1. The molecule has 1 atom stereocenters. The summed E-state index contributed by atoms with van der Waals surface area (Å²) in [5.41, 5.74) is 0. The van der Waals surface area contributed by atoms with Gasteiger partial charge in [0.05, 0.1) is 6.07 Å². The molecule has 0 saturated carbocycles. The van der Waals surface area contributed by atoms with Crippen molar-refractivity contribution in [2.45, 2.75) is 45.1 Å². The van der Waals surface area contributed by atoms with Crippen LogP contribution in [-0.4, -0.2) is 37.1 Å². The lowest BCUT2D eigenvalue weighted by molar-refractivity contribution is 0.250. The molecule has 1 heterocycles. The number of rotatable bonds is 7. The maximum Gasteiger partial charge on any atom is 0.0635 e. The van der Waals surface area contributed by atoms with Gasteiger partial charge in [0.2, 0.25) is 0 Å². The molecule has 0 aromatic carbocycles. The van der Waals surface area contributed by atoms with Crippen molar-refractivity contribution in [3.05, 3.63) is 0 Å². The first-order valence-electron chi connectivity index (χ1n) is 6.19. The van der Waals surface area contributed by atoms with Gasteiger partial charge in [0, 0.05) is 25.6 Å². The van der Waals surface area contributed by atoms with Crippen LogP contribution in [0, 0.1) is 11.3 Å². The second kappa shape index (κ2) is 7.67. The van der Waals surface area contributed by atoms with Gasteiger partial charge in [0.15, 0.2) is 0 Å². The van der Waals surface area contributed by atoms with E-state index in [2.05, 4.69) is 23.2 Å². The minimum atomic E-state index is 0.663. The molecule has 1 unspecified atom stereocenters. The van der Waals surface area contributed by atoms with Gasteiger partial charge in [-0.05, 0) is 32.4 Å². The summed E-state index contributed by atoms with van der Waals surface area (Å²) in [4.78, 5) is 2.44. The van der Waals surface area contributed by atoms with E-state index < -0.39 is 0 Å². The molecule has 0 aliphatic carbocycles. The Morgan fingerprint density at radius 1 is 1.47 bits per heavy atom. The number of unbranched alkanes of at least 4 members (excludes halogenated alkanes) is 1. The van der Waals surface area contributed by atoms with Gasteiger partial charge in [-0.15, -0.1) is 0 Å². The Hall–Kier alpha value is -0.590. The maximum atomic E-state index is 8.61. The van der Waals surface area contributed by atoms with Crippen molar-refractivity contribution in [1.82, 2.24) is 10.2 Å². The molecule has 0 spiro atoms. The molecule has 0 aromatic heterocycles. The van der Waals surface area contributed by atoms with Crippen LogP contribution in [0.4, 0.5) is 0 Å². The average Bonchev–Trinajstić information content (AvgIpc) is 2.74. The summed E-state index contributed by atoms with van der Waals surface area (Å²) in [7, 11) is 0. The smallest absolute Gasteiger partial charge is 0.0635 e. The van der Waals surface area contributed by atoms with E-state index in [1.165, 1.54) is 32.2 Å². The standard InChI is InChI=1S/C12H23N3/c1-2-3-9-15(10-5-7-13)11-12-6-4-8-14-12/h12,14H,2-6,8-11H2,1H3. The highest BCUT2D eigenvalue weighted by atomic mass is 15.1. The molecule has 86 valence electrons. The molecule has 1 fully saturated rings. The summed E-state index contributed by atoms with van der Waals surface area (Å²) in [5, 5.41) is 12.1. The largest absolute Gasteiger partial charge is 0.313 e. The van der Waals surface area contributed by atoms with Gasteiger partial charge in [0.1, 0.15) is 0 Å². The van der Waals surface area contributed by atoms with Gasteiger partial charge >= 0.3 is 0 Å². The van der Waals surface area contributed by atoms with Crippen LogP contribution < -0.4 is 5.32 Å². The first-order valence-corrected chi connectivity index (χ1v) is 6.19. The Balaban J connectivity index is 2.23. The molecule has 1 N–H and O–H groups in total. The van der Waals surface area contributed by atoms with Gasteiger partial charge in [-0.3, -0.25) is 0 Å². The van der Waals surface area contributed by atoms with E-state index in [4.69, 9.17) is 5.26 Å². The van der Waals surface area contributed by atoms with Crippen molar-refractivity contribution >= 4 is 0 Å². The van der Waals surface area contributed by atoms with Crippen molar-refractivity contribution in [3.63, 3.8) is 0 Å². The number of nitrogens with zero attached hydrogens (tertiary/aromatic N) is 2. The van der Waals surface area contributed by atoms with E-state index in [1.807, 2.05) is 0 Å². The maximum absolute atomic E-state index is 8.61. The third kappa shape index (κ3) is 5.15. The van der Waals surface area contributed by atoms with Crippen LogP contribution in [0.3, 0.4) is 0 Å². The molecule has 0 amide bonds. The zero-order chi connectivity index (χ0) is 10.9. The fourth-order valence-corrected chi connectivity index (χ4v) is 2.11. The summed E-state index contributed by atoms with van der Waals surface area (Å²) in [6, 6.07) is 2.90. The summed E-state index contributed by atoms with van der Waals surface area (Å²) in [6.45, 7) is 6.60. The van der Waals surface area contributed by atoms with Crippen LogP contribution in [0.25, 0.3) is 0 Å². The summed E-state index contributed by atoms with van der Waals surface area (Å²) >= 11 is 0. The van der Waals surface area contributed by atoms with Gasteiger partial charge in [-0.1, -0.05) is 13.3 Å². The van der Waals surface area contributed by atoms with Crippen molar-refractivity contribution in [2.24, 2.45) is 0 Å². The van der Waals surface area contributed by atoms with Crippen LogP contribution in [0.1, 0.15) is 39.0 Å². The predicted octanol–water partition coefficient (Wildman–Crippen LogP) is 1.75. The monoisotopic (exact) mass is 209 g/mol. The zero-order valence-electron chi connectivity index (χ0n) is 9.84. The molecule has 1 aliphatic heterocycles. The number of nitrogens with one attached hydrogen (secondary N) is 1. The van der Waals surface area contributed by atoms with E-state index in [1.54, 1.807) is 0 Å². The minimum absolute atomic E-state index is 0.663. The molecule has 0 aromatic rings. The summed E-state index contributed by atoms with van der Waals surface area (Å²) < 4.78 is 0. The van der Waals surface area contributed by atoms with E-state index in [0.717, 1.165) is 19.6 Å². The molecule has 0 radical (unpaired) electrons. The second-order valence-electron chi connectivity index (χ2n) is 4.36. The molecule has 0 bridgehead atoms. The van der Waals surface area contributed by atoms with E-state index in [-0.39, 0.29) is 0 Å². The van der Waals surface area contributed by atoms with Crippen LogP contribution in [0.2, 0.25) is 0 Å². The lowest BCUT2D eigenvalue weighted by atomic mass is 10.2. The van der Waals surface area contributed by atoms with Gasteiger partial charge in [0.25, 0.3) is 0 Å². The molecular formula is C12H23N3. The Kier molecular flexibility index (Phi) is 6.38. The van der Waals surface area contributed by atoms with Gasteiger partial charge < -0.3 is 10.2 Å². The second-order valence-corrected chi connectivity index (χ2v) is 4.36. The van der Waals surface area contributed by atoms with Crippen molar-refractivity contribution in [3.8, 4) is 6.07 Å². The molecule has 1 aliphatic rings. The highest BCUT2D eigenvalue weighted by Gasteiger charge is 2.17. The SMILES string of the molecule is CCCCN(CCC#N)CC1CCCN1. The third-order valence-corrected chi connectivity index (χ3v) is 3.01. The highest BCUT2D eigenvalue weighted by molar-refractivity contribution is 4.80. The quantitative estimate of drug-likeness (QED) is 0.694. The molecule has 1 rings (SSSR count). The Morgan fingerprint density at radius 2 is 2.33 bits per heavy atom.